The summed E-state index contributed by atoms with van der Waals surface area (Å²) in [4.78, 5) is 11.5. The minimum Gasteiger partial charge on any atom is -0.496 e. The Bertz CT molecular complexity index is 1030. The molecule has 1 saturated heterocycles. The molecule has 3 aromatic rings. The van der Waals surface area contributed by atoms with E-state index in [0.29, 0.717) is 13.2 Å². The predicted molar refractivity (Wildman–Crippen MR) is 118 cm³/mol. The van der Waals surface area contributed by atoms with Crippen LogP contribution in [0.2, 0.25) is 0 Å². The molecule has 2 aliphatic heterocycles. The molecule has 7 heteroatoms. The van der Waals surface area contributed by atoms with Gasteiger partial charge in [0.2, 0.25) is 0 Å². The molecule has 7 nitrogen and oxygen atoms in total. The van der Waals surface area contributed by atoms with Gasteiger partial charge in [-0.1, -0.05) is 6.07 Å². The van der Waals surface area contributed by atoms with Crippen LogP contribution in [0.25, 0.3) is 0 Å². The summed E-state index contributed by atoms with van der Waals surface area (Å²) >= 11 is 0. The maximum Gasteiger partial charge on any atom is 0.165 e. The van der Waals surface area contributed by atoms with Crippen LogP contribution in [0.5, 0.6) is 17.2 Å². The molecule has 0 aliphatic carbocycles. The quantitative estimate of drug-likeness (QED) is 0.639. The van der Waals surface area contributed by atoms with Gasteiger partial charge in [-0.05, 0) is 49.7 Å². The van der Waals surface area contributed by atoms with Gasteiger partial charge in [-0.25, -0.2) is 4.98 Å². The lowest BCUT2D eigenvalue weighted by atomic mass is 10.1. The van der Waals surface area contributed by atoms with Crippen LogP contribution in [-0.2, 0) is 6.54 Å². The molecule has 160 valence electrons. The average molecular weight is 418 g/mol. The number of nitrogens with one attached hydrogen (secondary N) is 1. The van der Waals surface area contributed by atoms with Crippen molar-refractivity contribution in [3.8, 4) is 17.2 Å². The number of ether oxygens (including phenoxy) is 3. The maximum atomic E-state index is 5.78. The molecule has 4 heterocycles. The number of hydrogen-bond acceptors (Lipinski definition) is 7. The van der Waals surface area contributed by atoms with Crippen LogP contribution in [0.4, 0.5) is 11.5 Å². The molecular formula is C24H26N4O3. The minimum atomic E-state index is 0.279. The molecule has 5 rings (SSSR count). The van der Waals surface area contributed by atoms with E-state index in [1.54, 1.807) is 13.3 Å². The average Bonchev–Trinajstić information content (AvgIpc) is 3.28. The molecule has 2 aliphatic rings. The Balaban J connectivity index is 1.32. The monoisotopic (exact) mass is 418 g/mol. The van der Waals surface area contributed by atoms with E-state index in [2.05, 4.69) is 33.4 Å². The van der Waals surface area contributed by atoms with Gasteiger partial charge < -0.3 is 19.5 Å². The Morgan fingerprint density at radius 1 is 1.10 bits per heavy atom. The third kappa shape index (κ3) is 4.27. The van der Waals surface area contributed by atoms with Gasteiger partial charge in [0.1, 0.15) is 24.8 Å². The highest BCUT2D eigenvalue weighted by atomic mass is 16.6. The first-order valence-electron chi connectivity index (χ1n) is 10.6. The fourth-order valence-electron chi connectivity index (χ4n) is 4.26. The first-order valence-corrected chi connectivity index (χ1v) is 10.6. The van der Waals surface area contributed by atoms with Gasteiger partial charge in [0.15, 0.2) is 11.5 Å². The Kier molecular flexibility index (Phi) is 5.58. The van der Waals surface area contributed by atoms with Crippen LogP contribution in [-0.4, -0.2) is 41.7 Å². The Hall–Kier alpha value is -3.32. The van der Waals surface area contributed by atoms with Crippen molar-refractivity contribution in [2.75, 3.05) is 32.2 Å². The van der Waals surface area contributed by atoms with Crippen molar-refractivity contribution in [3.63, 3.8) is 0 Å². The lowest BCUT2D eigenvalue weighted by molar-refractivity contribution is 0.169. The standard InChI is InChI=1S/C24H26N4O3/c1-29-21-14-23-22(30-11-12-31-23)13-17(21)16-28-10-4-5-20(28)19-8-7-18(15-26-19)27-24-6-2-3-9-25-24/h2-3,6-9,13-15,20H,4-5,10-12,16H2,1H3,(H,25,27)/t20-/m1/s1. The molecule has 1 aromatic carbocycles. The summed E-state index contributed by atoms with van der Waals surface area (Å²) < 4.78 is 17.1. The molecule has 1 fully saturated rings. The predicted octanol–water partition coefficient (Wildman–Crippen LogP) is 4.34. The van der Waals surface area contributed by atoms with Crippen LogP contribution in [0.15, 0.2) is 54.9 Å². The van der Waals surface area contributed by atoms with Crippen LogP contribution in [0, 0.1) is 0 Å². The molecule has 0 radical (unpaired) electrons. The molecule has 0 bridgehead atoms. The second-order valence-electron chi connectivity index (χ2n) is 7.75. The number of nitrogens with zero attached hydrogens (tertiary/aromatic N) is 3. The number of rotatable bonds is 6. The molecule has 0 amide bonds. The smallest absolute Gasteiger partial charge is 0.165 e. The van der Waals surface area contributed by atoms with Gasteiger partial charge in [-0.15, -0.1) is 0 Å². The summed E-state index contributed by atoms with van der Waals surface area (Å²) in [7, 11) is 1.70. The zero-order chi connectivity index (χ0) is 21.0. The van der Waals surface area contributed by atoms with Crippen LogP contribution in [0.1, 0.15) is 30.1 Å². The van der Waals surface area contributed by atoms with Crippen LogP contribution < -0.4 is 19.5 Å². The largest absolute Gasteiger partial charge is 0.496 e. The molecule has 1 N–H and O–H groups in total. The Labute approximate surface area is 182 Å². The van der Waals surface area contributed by atoms with Gasteiger partial charge in [-0.2, -0.15) is 0 Å². The lowest BCUT2D eigenvalue weighted by Gasteiger charge is -2.26. The molecule has 1 atom stereocenters. The van der Waals surface area contributed by atoms with E-state index in [1.165, 1.54) is 0 Å². The first kappa shape index (κ1) is 19.6. The molecule has 0 unspecified atom stereocenters. The highest BCUT2D eigenvalue weighted by Gasteiger charge is 2.28. The summed E-state index contributed by atoms with van der Waals surface area (Å²) in [5.41, 5.74) is 3.12. The van der Waals surface area contributed by atoms with E-state index in [0.717, 1.165) is 65.9 Å². The number of pyridine rings is 2. The van der Waals surface area contributed by atoms with Gasteiger partial charge in [-0.3, -0.25) is 9.88 Å². The van der Waals surface area contributed by atoms with E-state index in [-0.39, 0.29) is 6.04 Å². The molecule has 31 heavy (non-hydrogen) atoms. The van der Waals surface area contributed by atoms with Crippen molar-refractivity contribution in [1.82, 2.24) is 14.9 Å². The number of hydrogen-bond donors (Lipinski definition) is 1. The van der Waals surface area contributed by atoms with Crippen molar-refractivity contribution >= 4 is 11.5 Å². The zero-order valence-electron chi connectivity index (χ0n) is 17.6. The Morgan fingerprint density at radius 3 is 2.71 bits per heavy atom. The summed E-state index contributed by atoms with van der Waals surface area (Å²) in [5, 5.41) is 3.29. The second-order valence-corrected chi connectivity index (χ2v) is 7.75. The summed E-state index contributed by atoms with van der Waals surface area (Å²) in [5.74, 6) is 3.19. The van der Waals surface area contributed by atoms with E-state index >= 15 is 0 Å². The van der Waals surface area contributed by atoms with Gasteiger partial charge in [0, 0.05) is 24.4 Å². The lowest BCUT2D eigenvalue weighted by Crippen LogP contribution is -2.24. The normalized spacial score (nSPS) is 18.0. The van der Waals surface area contributed by atoms with Crippen molar-refractivity contribution < 1.29 is 14.2 Å². The highest BCUT2D eigenvalue weighted by molar-refractivity contribution is 5.54. The van der Waals surface area contributed by atoms with Crippen molar-refractivity contribution in [1.29, 1.82) is 0 Å². The number of benzene rings is 1. The summed E-state index contributed by atoms with van der Waals surface area (Å²) in [6.07, 6.45) is 5.89. The minimum absolute atomic E-state index is 0.279. The molecular weight excluding hydrogens is 392 g/mol. The van der Waals surface area contributed by atoms with Crippen molar-refractivity contribution in [3.05, 3.63) is 66.1 Å². The van der Waals surface area contributed by atoms with Gasteiger partial charge >= 0.3 is 0 Å². The van der Waals surface area contributed by atoms with E-state index in [4.69, 9.17) is 19.2 Å². The second kappa shape index (κ2) is 8.81. The number of anilines is 2. The summed E-state index contributed by atoms with van der Waals surface area (Å²) in [6, 6.07) is 14.2. The number of methoxy groups -OCH3 is 1. The topological polar surface area (TPSA) is 68.7 Å². The van der Waals surface area contributed by atoms with Crippen molar-refractivity contribution in [2.24, 2.45) is 0 Å². The number of aromatic nitrogens is 2. The maximum absolute atomic E-state index is 5.78. The number of fused-ring (bicyclic) bond motifs is 1. The fourth-order valence-corrected chi connectivity index (χ4v) is 4.26. The van der Waals surface area contributed by atoms with Gasteiger partial charge in [0.05, 0.1) is 30.7 Å². The van der Waals surface area contributed by atoms with Crippen LogP contribution in [0.3, 0.4) is 0 Å². The van der Waals surface area contributed by atoms with Crippen molar-refractivity contribution in [2.45, 2.75) is 25.4 Å². The third-order valence-corrected chi connectivity index (χ3v) is 5.75. The SMILES string of the molecule is COc1cc2c(cc1CN1CCC[C@@H]1c1ccc(Nc3ccccn3)cn1)OCCO2. The fraction of sp³-hybridized carbons (Fsp3) is 0.333. The van der Waals surface area contributed by atoms with E-state index < -0.39 is 0 Å². The third-order valence-electron chi connectivity index (χ3n) is 5.75. The van der Waals surface area contributed by atoms with Crippen LogP contribution >= 0.6 is 0 Å². The van der Waals surface area contributed by atoms with E-state index in [9.17, 15) is 0 Å². The number of likely N-dealkylation sites (tertiary alicyclic amines) is 1. The Morgan fingerprint density at radius 2 is 1.97 bits per heavy atom. The molecule has 2 aromatic heterocycles. The first-order chi connectivity index (χ1) is 15.3. The molecule has 0 saturated carbocycles. The highest BCUT2D eigenvalue weighted by Crippen LogP contribution is 2.39. The summed E-state index contributed by atoms with van der Waals surface area (Å²) in [6.45, 7) is 2.95. The van der Waals surface area contributed by atoms with E-state index in [1.807, 2.05) is 30.5 Å². The van der Waals surface area contributed by atoms with Gasteiger partial charge in [0.25, 0.3) is 0 Å². The zero-order valence-corrected chi connectivity index (χ0v) is 17.6. The molecule has 0 spiro atoms.